The van der Waals surface area contributed by atoms with Gasteiger partial charge in [-0.05, 0) is 24.3 Å². The Hall–Kier alpha value is -2.70. The summed E-state index contributed by atoms with van der Waals surface area (Å²) in [4.78, 5) is 24.7. The molecule has 0 saturated carbocycles. The molecule has 0 bridgehead atoms. The Bertz CT molecular complexity index is 872. The predicted octanol–water partition coefficient (Wildman–Crippen LogP) is 4.04. The summed E-state index contributed by atoms with van der Waals surface area (Å²) in [5, 5.41) is 6.37. The number of benzene rings is 1. The number of amides is 1. The number of carbonyl (C=O) groups is 1. The summed E-state index contributed by atoms with van der Waals surface area (Å²) in [6.45, 7) is 0.491. The lowest BCUT2D eigenvalue weighted by molar-refractivity contribution is 0.102. The normalized spacial score (nSPS) is 10.3. The van der Waals surface area contributed by atoms with E-state index in [4.69, 9.17) is 23.2 Å². The van der Waals surface area contributed by atoms with E-state index in [0.29, 0.717) is 28.8 Å². The average molecular weight is 374 g/mol. The van der Waals surface area contributed by atoms with Crippen LogP contribution in [0.3, 0.4) is 0 Å². The first-order valence-corrected chi connectivity index (χ1v) is 8.10. The van der Waals surface area contributed by atoms with Crippen LogP contribution in [0, 0.1) is 0 Å². The van der Waals surface area contributed by atoms with Crippen molar-refractivity contribution in [2.45, 2.75) is 6.54 Å². The van der Waals surface area contributed by atoms with Crippen molar-refractivity contribution in [1.82, 2.24) is 15.0 Å². The zero-order chi connectivity index (χ0) is 17.6. The highest BCUT2D eigenvalue weighted by molar-refractivity contribution is 6.44. The molecule has 0 aliphatic rings. The first-order chi connectivity index (χ1) is 12.1. The van der Waals surface area contributed by atoms with Crippen LogP contribution in [0.15, 0.2) is 55.0 Å². The maximum atomic E-state index is 12.2. The maximum absolute atomic E-state index is 12.2. The van der Waals surface area contributed by atoms with Crippen molar-refractivity contribution in [3.05, 3.63) is 76.3 Å². The molecule has 2 aromatic heterocycles. The fraction of sp³-hybridized carbons (Fsp3) is 0.0588. The highest BCUT2D eigenvalue weighted by Crippen LogP contribution is 2.29. The van der Waals surface area contributed by atoms with Gasteiger partial charge >= 0.3 is 0 Å². The third kappa shape index (κ3) is 4.43. The smallest absolute Gasteiger partial charge is 0.258 e. The number of anilines is 2. The summed E-state index contributed by atoms with van der Waals surface area (Å²) in [7, 11) is 0. The van der Waals surface area contributed by atoms with Crippen LogP contribution in [0.4, 0.5) is 11.6 Å². The molecule has 3 aromatic rings. The SMILES string of the molecule is O=C(Nc1cccc(Cl)c1Cl)c1cnc(NCc2ccccn2)nc1. The van der Waals surface area contributed by atoms with Gasteiger partial charge in [-0.1, -0.05) is 35.3 Å². The molecule has 0 fully saturated rings. The van der Waals surface area contributed by atoms with E-state index in [-0.39, 0.29) is 10.9 Å². The van der Waals surface area contributed by atoms with Crippen molar-refractivity contribution in [3.8, 4) is 0 Å². The molecular formula is C17H13Cl2N5O. The van der Waals surface area contributed by atoms with Gasteiger partial charge < -0.3 is 10.6 Å². The topological polar surface area (TPSA) is 79.8 Å². The van der Waals surface area contributed by atoms with Crippen LogP contribution in [-0.2, 0) is 6.54 Å². The van der Waals surface area contributed by atoms with Gasteiger partial charge in [0.2, 0.25) is 5.95 Å². The van der Waals surface area contributed by atoms with Crippen molar-refractivity contribution in [1.29, 1.82) is 0 Å². The maximum Gasteiger partial charge on any atom is 0.258 e. The number of nitrogens with one attached hydrogen (secondary N) is 2. The molecular weight excluding hydrogens is 361 g/mol. The van der Waals surface area contributed by atoms with Gasteiger partial charge in [-0.15, -0.1) is 0 Å². The lowest BCUT2D eigenvalue weighted by Gasteiger charge is -2.08. The molecule has 8 heteroatoms. The molecule has 0 saturated heterocycles. The van der Waals surface area contributed by atoms with Gasteiger partial charge in [0.15, 0.2) is 0 Å². The predicted molar refractivity (Wildman–Crippen MR) is 98.0 cm³/mol. The molecule has 6 nitrogen and oxygen atoms in total. The molecule has 0 aliphatic carbocycles. The van der Waals surface area contributed by atoms with Crippen molar-refractivity contribution >= 4 is 40.7 Å². The Morgan fingerprint density at radius 2 is 1.80 bits per heavy atom. The van der Waals surface area contributed by atoms with E-state index in [9.17, 15) is 4.79 Å². The number of carbonyl (C=O) groups excluding carboxylic acids is 1. The van der Waals surface area contributed by atoms with Gasteiger partial charge in [0.05, 0.1) is 33.5 Å². The molecule has 2 N–H and O–H groups in total. The fourth-order valence-electron chi connectivity index (χ4n) is 2.00. The van der Waals surface area contributed by atoms with E-state index in [1.165, 1.54) is 12.4 Å². The Labute approximate surface area is 154 Å². The summed E-state index contributed by atoms with van der Waals surface area (Å²) in [5.41, 5.74) is 1.60. The second-order valence-corrected chi connectivity index (χ2v) is 5.81. The summed E-state index contributed by atoms with van der Waals surface area (Å²) in [6, 6.07) is 10.6. The van der Waals surface area contributed by atoms with Crippen LogP contribution < -0.4 is 10.6 Å². The van der Waals surface area contributed by atoms with Crippen LogP contribution in [0.2, 0.25) is 10.0 Å². The summed E-state index contributed by atoms with van der Waals surface area (Å²) in [5.74, 6) is 0.0310. The first-order valence-electron chi connectivity index (χ1n) is 7.34. The Balaban J connectivity index is 1.63. The lowest BCUT2D eigenvalue weighted by atomic mass is 10.2. The van der Waals surface area contributed by atoms with Gasteiger partial charge in [-0.3, -0.25) is 9.78 Å². The van der Waals surface area contributed by atoms with Gasteiger partial charge in [-0.2, -0.15) is 0 Å². The number of rotatable bonds is 5. The summed E-state index contributed by atoms with van der Waals surface area (Å²) >= 11 is 12.0. The van der Waals surface area contributed by atoms with Crippen molar-refractivity contribution in [2.75, 3.05) is 10.6 Å². The average Bonchev–Trinajstić information content (AvgIpc) is 2.65. The Morgan fingerprint density at radius 1 is 1.00 bits per heavy atom. The zero-order valence-electron chi connectivity index (χ0n) is 12.9. The number of halogens is 2. The minimum Gasteiger partial charge on any atom is -0.349 e. The number of hydrogen-bond donors (Lipinski definition) is 2. The van der Waals surface area contributed by atoms with Crippen LogP contribution in [-0.4, -0.2) is 20.9 Å². The van der Waals surface area contributed by atoms with Crippen LogP contribution >= 0.6 is 23.2 Å². The second kappa shape index (κ2) is 7.92. The molecule has 25 heavy (non-hydrogen) atoms. The lowest BCUT2D eigenvalue weighted by Crippen LogP contribution is -2.14. The molecule has 0 aliphatic heterocycles. The van der Waals surface area contributed by atoms with E-state index in [1.807, 2.05) is 18.2 Å². The van der Waals surface area contributed by atoms with Gasteiger partial charge in [0.1, 0.15) is 0 Å². The minimum absolute atomic E-state index is 0.284. The highest BCUT2D eigenvalue weighted by atomic mass is 35.5. The first kappa shape index (κ1) is 17.1. The largest absolute Gasteiger partial charge is 0.349 e. The standard InChI is InChI=1S/C17H13Cl2N5O/c18-13-5-3-6-14(15(13)19)24-16(25)11-8-21-17(22-9-11)23-10-12-4-1-2-7-20-12/h1-9H,10H2,(H,24,25)(H,21,22,23). The van der Waals surface area contributed by atoms with E-state index in [1.54, 1.807) is 24.4 Å². The van der Waals surface area contributed by atoms with E-state index < -0.39 is 0 Å². The zero-order valence-corrected chi connectivity index (χ0v) is 14.4. The molecule has 2 heterocycles. The molecule has 0 radical (unpaired) electrons. The van der Waals surface area contributed by atoms with Crippen molar-refractivity contribution in [2.24, 2.45) is 0 Å². The number of pyridine rings is 1. The molecule has 1 amide bonds. The van der Waals surface area contributed by atoms with Gasteiger partial charge in [0.25, 0.3) is 5.91 Å². The summed E-state index contributed by atoms with van der Waals surface area (Å²) in [6.07, 6.45) is 4.58. The fourth-order valence-corrected chi connectivity index (χ4v) is 2.35. The number of nitrogens with zero attached hydrogens (tertiary/aromatic N) is 3. The van der Waals surface area contributed by atoms with Gasteiger partial charge in [0, 0.05) is 18.6 Å². The monoisotopic (exact) mass is 373 g/mol. The van der Waals surface area contributed by atoms with Crippen LogP contribution in [0.1, 0.15) is 16.1 Å². The Kier molecular flexibility index (Phi) is 5.42. The molecule has 1 aromatic carbocycles. The van der Waals surface area contributed by atoms with E-state index >= 15 is 0 Å². The Morgan fingerprint density at radius 3 is 2.52 bits per heavy atom. The minimum atomic E-state index is -0.375. The van der Waals surface area contributed by atoms with Gasteiger partial charge in [-0.25, -0.2) is 9.97 Å². The third-order valence-electron chi connectivity index (χ3n) is 3.27. The van der Waals surface area contributed by atoms with Crippen molar-refractivity contribution in [3.63, 3.8) is 0 Å². The van der Waals surface area contributed by atoms with Crippen LogP contribution in [0.5, 0.6) is 0 Å². The number of hydrogen-bond acceptors (Lipinski definition) is 5. The number of aromatic nitrogens is 3. The van der Waals surface area contributed by atoms with Crippen molar-refractivity contribution < 1.29 is 4.79 Å². The summed E-state index contributed by atoms with van der Waals surface area (Å²) < 4.78 is 0. The molecule has 0 unspecified atom stereocenters. The highest BCUT2D eigenvalue weighted by Gasteiger charge is 2.11. The molecule has 3 rings (SSSR count). The van der Waals surface area contributed by atoms with E-state index in [2.05, 4.69) is 25.6 Å². The molecule has 0 spiro atoms. The quantitative estimate of drug-likeness (QED) is 0.705. The molecule has 0 atom stereocenters. The third-order valence-corrected chi connectivity index (χ3v) is 4.09. The van der Waals surface area contributed by atoms with Crippen LogP contribution in [0.25, 0.3) is 0 Å². The van der Waals surface area contributed by atoms with E-state index in [0.717, 1.165) is 5.69 Å². The second-order valence-electron chi connectivity index (χ2n) is 5.03. The molecule has 126 valence electrons.